The Morgan fingerprint density at radius 3 is 0.938 bits per heavy atom. The fourth-order valence-corrected chi connectivity index (χ4v) is 16.3. The topological polar surface area (TPSA) is 86.7 Å². The zero-order valence-electron chi connectivity index (χ0n) is 42.4. The molecule has 0 aromatic rings. The van der Waals surface area contributed by atoms with Gasteiger partial charge in [-0.1, -0.05) is 83.6 Å². The molecule has 64 heavy (non-hydrogen) atoms. The summed E-state index contributed by atoms with van der Waals surface area (Å²) in [7, 11) is 0. The molecule has 0 aliphatic carbocycles. The minimum atomic E-state index is -7.09. The molecule has 0 bridgehead atoms. The molecule has 0 atom stereocenters. The molecule has 0 rings (SSSR count). The third-order valence-electron chi connectivity index (χ3n) is 11.8. The molecule has 0 aliphatic heterocycles. The third-order valence-corrected chi connectivity index (χ3v) is 21.4. The van der Waals surface area contributed by atoms with Crippen molar-refractivity contribution in [3.05, 3.63) is 72.9 Å². The Morgan fingerprint density at radius 1 is 0.375 bits per heavy atom. The van der Waals surface area contributed by atoms with Gasteiger partial charge in [-0.2, -0.15) is 0 Å². The molecule has 0 radical (unpaired) electrons. The van der Waals surface area contributed by atoms with Crippen molar-refractivity contribution in [3.63, 3.8) is 0 Å². The maximum absolute atomic E-state index is 15.2. The van der Waals surface area contributed by atoms with Crippen molar-refractivity contribution < 1.29 is 42.5 Å². The van der Waals surface area contributed by atoms with Gasteiger partial charge in [-0.3, -0.25) is 0 Å². The van der Waals surface area contributed by atoms with Crippen LogP contribution < -0.4 is 0 Å². The number of carbonyl (C=O) groups is 3. The second-order valence-electron chi connectivity index (χ2n) is 18.4. The Morgan fingerprint density at radius 2 is 0.641 bits per heavy atom. The first kappa shape index (κ1) is 61.9. The van der Waals surface area contributed by atoms with E-state index in [0.717, 1.165) is 128 Å². The summed E-state index contributed by atoms with van der Waals surface area (Å²) in [6.07, 6.45) is 60.3. The van der Waals surface area contributed by atoms with Gasteiger partial charge in [-0.25, -0.2) is 0 Å². The van der Waals surface area contributed by atoms with Gasteiger partial charge < -0.3 is 0 Å². The van der Waals surface area contributed by atoms with Crippen molar-refractivity contribution in [3.8, 4) is 0 Å². The van der Waals surface area contributed by atoms with E-state index in [1.54, 1.807) is 13.8 Å². The summed E-state index contributed by atoms with van der Waals surface area (Å²) >= 11 is -7.09. The number of hydrogen-bond acceptors (Lipinski definition) is 6. The Bertz CT molecular complexity index is 1320. The second-order valence-corrected chi connectivity index (χ2v) is 27.1. The van der Waals surface area contributed by atoms with Crippen molar-refractivity contribution in [2.75, 3.05) is 0 Å². The van der Waals surface area contributed by atoms with Crippen molar-refractivity contribution in [1.29, 1.82) is 0 Å². The van der Waals surface area contributed by atoms with Crippen LogP contribution >= 0.6 is 0 Å². The molecule has 0 saturated carbocycles. The molecule has 368 valence electrons. The summed E-state index contributed by atoms with van der Waals surface area (Å²) < 4.78 is 25.5. The molecule has 0 fully saturated rings. The van der Waals surface area contributed by atoms with Crippen LogP contribution in [-0.2, 0) is 42.5 Å². The first-order valence-electron chi connectivity index (χ1n) is 26.9. The molecule has 7 heteroatoms. The van der Waals surface area contributed by atoms with E-state index in [9.17, 15) is 14.4 Å². The summed E-state index contributed by atoms with van der Waals surface area (Å²) in [4.78, 5) is 41.7. The van der Waals surface area contributed by atoms with Gasteiger partial charge in [-0.15, -0.1) is 0 Å². The van der Waals surface area contributed by atoms with Crippen LogP contribution in [0.5, 0.6) is 0 Å². The molecular weight excluding hydrogens is 872 g/mol. The minimum absolute atomic E-state index is 0.0198. The van der Waals surface area contributed by atoms with E-state index in [0.29, 0.717) is 19.3 Å². The Hall–Kier alpha value is -2.11. The standard InChI is InChI=1S/C18H32O2.2C18H31O.C3H7O.O.Zr/c1-2-3-4-5-6-7-8-9-10-11-12-13-14-15-16-17-18(19)20;2*1-2-3-4-5-6-7-8-9-10-11-12-13-14-15-16-17-18-19;1-3(2)4;;/h6-7,9-10H,2-5,8,11-17H2,1H3,(H,19,20);2*6-7,9-10H,2-5,8,11-17H2,1H3;3H,1-2H3;;/q;;;-1;;+2/p-1/b3*7-6-,10-9-;;;. The molecule has 0 N–H and O–H groups in total. The van der Waals surface area contributed by atoms with Crippen LogP contribution in [0.15, 0.2) is 72.9 Å². The van der Waals surface area contributed by atoms with Crippen molar-refractivity contribution in [2.24, 2.45) is 0 Å². The summed E-state index contributed by atoms with van der Waals surface area (Å²) in [5, 5.41) is 0. The fraction of sp³-hybridized carbons (Fsp3) is 0.737. The van der Waals surface area contributed by atoms with Gasteiger partial charge >= 0.3 is 278 Å². The van der Waals surface area contributed by atoms with Crippen molar-refractivity contribution in [1.82, 2.24) is 0 Å². The Labute approximate surface area is 397 Å². The summed E-state index contributed by atoms with van der Waals surface area (Å²) in [5.74, 6) is -0.742. The number of unbranched alkanes of at least 4 members (excludes halogenated alkanes) is 24. The van der Waals surface area contributed by atoms with Gasteiger partial charge in [0.25, 0.3) is 0 Å². The van der Waals surface area contributed by atoms with Gasteiger partial charge in [0.05, 0.1) is 0 Å². The second kappa shape index (κ2) is 44.7. The fourth-order valence-electron chi connectivity index (χ4n) is 7.82. The minimum Gasteiger partial charge on any atom is -0.0882 e. The molecule has 0 amide bonds. The molecule has 0 spiro atoms. The average Bonchev–Trinajstić information content (AvgIpc) is 3.27. The number of hydrogen-bond donors (Lipinski definition) is 0. The van der Waals surface area contributed by atoms with Crippen LogP contribution in [0.4, 0.5) is 0 Å². The number of rotatable bonds is 47. The molecule has 0 unspecified atom stereocenters. The number of allylic oxidation sites excluding steroid dienone is 12. The van der Waals surface area contributed by atoms with E-state index in [2.05, 4.69) is 93.7 Å². The first-order chi connectivity index (χ1) is 31.1. The smallest absolute Gasteiger partial charge is 0.0882 e. The van der Waals surface area contributed by atoms with Gasteiger partial charge in [-0.05, 0) is 38.5 Å². The van der Waals surface area contributed by atoms with Crippen molar-refractivity contribution in [2.45, 2.75) is 272 Å². The van der Waals surface area contributed by atoms with Crippen LogP contribution in [0.2, 0.25) is 0 Å². The van der Waals surface area contributed by atoms with Crippen LogP contribution in [0.1, 0.15) is 266 Å². The average molecular weight is 973 g/mol. The van der Waals surface area contributed by atoms with E-state index in [1.165, 1.54) is 64.2 Å². The SMILES string of the molecule is CCCCC/C=C\C/C=C\CCCCCCCC(=O)[O][Zr](=[O])([O]C(C)C)([C](=O)CCCCCCC/C=C\C/C=C\CCCCC)[C](=O)CCCCCCC/C=C\C/C=C\CCCCC. The zero-order chi connectivity index (χ0) is 47.1. The van der Waals surface area contributed by atoms with Crippen molar-refractivity contribution >= 4 is 13.0 Å². The molecule has 0 saturated heterocycles. The summed E-state index contributed by atoms with van der Waals surface area (Å²) in [6.45, 7) is 10.0. The van der Waals surface area contributed by atoms with Gasteiger partial charge in [0, 0.05) is 0 Å². The zero-order valence-corrected chi connectivity index (χ0v) is 44.9. The van der Waals surface area contributed by atoms with Gasteiger partial charge in [0.2, 0.25) is 0 Å². The Kier molecular flexibility index (Phi) is 43.2. The van der Waals surface area contributed by atoms with E-state index < -0.39 is 38.7 Å². The van der Waals surface area contributed by atoms with E-state index >= 15 is 2.81 Å². The summed E-state index contributed by atoms with van der Waals surface area (Å²) in [6, 6.07) is 0. The van der Waals surface area contributed by atoms with Crippen LogP contribution in [-0.4, -0.2) is 19.1 Å². The monoisotopic (exact) mass is 971 g/mol. The van der Waals surface area contributed by atoms with Crippen LogP contribution in [0.3, 0.4) is 0 Å². The van der Waals surface area contributed by atoms with E-state index in [1.807, 2.05) is 0 Å². The molecule has 0 heterocycles. The first-order valence-corrected chi connectivity index (χ1v) is 32.4. The predicted molar refractivity (Wildman–Crippen MR) is 271 cm³/mol. The predicted octanol–water partition coefficient (Wildman–Crippen LogP) is 18.3. The third kappa shape index (κ3) is 35.1. The van der Waals surface area contributed by atoms with E-state index in [4.69, 9.17) is 5.63 Å². The molecule has 0 aromatic heterocycles. The van der Waals surface area contributed by atoms with Crippen LogP contribution in [0.25, 0.3) is 0 Å². The number of carbonyl (C=O) groups excluding carboxylic acids is 3. The summed E-state index contributed by atoms with van der Waals surface area (Å²) in [5.41, 5.74) is 0. The van der Waals surface area contributed by atoms with E-state index in [-0.39, 0.29) is 19.3 Å². The molecule has 0 aliphatic rings. The molecular formula is C57H100O6Zr. The molecule has 6 nitrogen and oxygen atoms in total. The van der Waals surface area contributed by atoms with Crippen LogP contribution in [0, 0.1) is 0 Å². The normalized spacial score (nSPS) is 12.9. The Balaban J connectivity index is 5.17. The van der Waals surface area contributed by atoms with Gasteiger partial charge in [0.15, 0.2) is 0 Å². The molecule has 0 aromatic carbocycles. The van der Waals surface area contributed by atoms with Gasteiger partial charge in [0.1, 0.15) is 0 Å². The quantitative estimate of drug-likeness (QED) is 0.0446. The maximum atomic E-state index is 15.2.